The SMILES string of the molecule is CCCCCCCCCCCCCCCCCCCCCCC/C=C/CCCC(O)C(O)C(COC1OC(CO)C(O)C(O)C1O)NC(=O)C(O)CCCCCCCCCCCCCCCCCCCCCCCCCCCCC. The van der Waals surface area contributed by atoms with Crippen LogP contribution in [0.15, 0.2) is 12.2 Å². The van der Waals surface area contributed by atoms with Crippen LogP contribution in [0.5, 0.6) is 0 Å². The van der Waals surface area contributed by atoms with E-state index >= 15 is 0 Å². The summed E-state index contributed by atoms with van der Waals surface area (Å²) in [5.74, 6) is -0.698. The van der Waals surface area contributed by atoms with Gasteiger partial charge in [0.15, 0.2) is 6.29 Å². The smallest absolute Gasteiger partial charge is 0.249 e. The predicted molar refractivity (Wildman–Crippen MR) is 335 cm³/mol. The second-order valence-electron chi connectivity index (χ2n) is 25.0. The second-order valence-corrected chi connectivity index (χ2v) is 25.0. The van der Waals surface area contributed by atoms with Crippen molar-refractivity contribution in [3.63, 3.8) is 0 Å². The van der Waals surface area contributed by atoms with Crippen molar-refractivity contribution in [2.45, 2.75) is 409 Å². The lowest BCUT2D eigenvalue weighted by atomic mass is 9.98. The third-order valence-electron chi connectivity index (χ3n) is 17.3. The van der Waals surface area contributed by atoms with E-state index in [2.05, 4.69) is 31.3 Å². The Morgan fingerprint density at radius 2 is 0.738 bits per heavy atom. The number of carbonyl (C=O) groups excluding carboxylic acids is 1. The lowest BCUT2D eigenvalue weighted by Gasteiger charge is -2.40. The zero-order chi connectivity index (χ0) is 58.2. The average molecular weight is 1140 g/mol. The fourth-order valence-electron chi connectivity index (χ4n) is 11.7. The van der Waals surface area contributed by atoms with Gasteiger partial charge >= 0.3 is 0 Å². The van der Waals surface area contributed by atoms with E-state index in [1.165, 1.54) is 276 Å². The van der Waals surface area contributed by atoms with Crippen molar-refractivity contribution in [1.29, 1.82) is 0 Å². The summed E-state index contributed by atoms with van der Waals surface area (Å²) in [6.07, 6.45) is 60.1. The van der Waals surface area contributed by atoms with Gasteiger partial charge in [-0.05, 0) is 38.5 Å². The molecule has 1 aliphatic rings. The Morgan fingerprint density at radius 3 is 1.07 bits per heavy atom. The van der Waals surface area contributed by atoms with Crippen molar-refractivity contribution in [1.82, 2.24) is 5.32 Å². The molecule has 11 heteroatoms. The van der Waals surface area contributed by atoms with Crippen molar-refractivity contribution in [3.8, 4) is 0 Å². The van der Waals surface area contributed by atoms with Gasteiger partial charge in [0.1, 0.15) is 36.6 Å². The average Bonchev–Trinajstić information content (AvgIpc) is 3.47. The molecule has 8 N–H and O–H groups in total. The summed E-state index contributed by atoms with van der Waals surface area (Å²) >= 11 is 0. The van der Waals surface area contributed by atoms with Crippen LogP contribution >= 0.6 is 0 Å². The lowest BCUT2D eigenvalue weighted by molar-refractivity contribution is -0.303. The van der Waals surface area contributed by atoms with Crippen molar-refractivity contribution in [2.75, 3.05) is 13.2 Å². The summed E-state index contributed by atoms with van der Waals surface area (Å²) < 4.78 is 11.2. The van der Waals surface area contributed by atoms with Crippen LogP contribution in [0.1, 0.15) is 354 Å². The third kappa shape index (κ3) is 45.2. The number of allylic oxidation sites excluding steroid dienone is 2. The maximum Gasteiger partial charge on any atom is 0.249 e. The van der Waals surface area contributed by atoms with Gasteiger partial charge in [0.05, 0.1) is 25.4 Å². The van der Waals surface area contributed by atoms with Crippen molar-refractivity contribution < 1.29 is 50.0 Å². The maximum absolute atomic E-state index is 13.2. The standard InChI is InChI=1S/C69H135NO10/c1-3-5-7-9-11-13-15-17-19-21-23-25-27-29-31-33-35-37-39-41-43-45-47-49-51-53-55-57-62(73)68(78)70-60(59-79-69-67(77)66(76)65(75)63(58-71)80-69)64(74)61(72)56-54-52-50-48-46-44-42-40-38-36-34-32-30-28-26-24-22-20-18-16-14-12-10-8-6-4-2/h48,50,60-67,69,71-77H,3-47,49,51-59H2,1-2H3,(H,70,78)/b50-48+. The summed E-state index contributed by atoms with van der Waals surface area (Å²) in [6, 6.07) is -1.18. The molecule has 0 bridgehead atoms. The fraction of sp³-hybridized carbons (Fsp3) is 0.957. The molecule has 0 radical (unpaired) electrons. The van der Waals surface area contributed by atoms with Crippen LogP contribution in [0, 0.1) is 0 Å². The highest BCUT2D eigenvalue weighted by atomic mass is 16.7. The van der Waals surface area contributed by atoms with Crippen LogP contribution in [0.2, 0.25) is 0 Å². The number of carbonyl (C=O) groups is 1. The van der Waals surface area contributed by atoms with Gasteiger partial charge in [-0.3, -0.25) is 4.79 Å². The Labute approximate surface area is 493 Å². The minimum absolute atomic E-state index is 0.260. The van der Waals surface area contributed by atoms with Crippen LogP contribution in [0.4, 0.5) is 0 Å². The fourth-order valence-corrected chi connectivity index (χ4v) is 11.7. The van der Waals surface area contributed by atoms with Gasteiger partial charge in [-0.2, -0.15) is 0 Å². The van der Waals surface area contributed by atoms with Crippen LogP contribution < -0.4 is 5.32 Å². The molecule has 476 valence electrons. The molecule has 80 heavy (non-hydrogen) atoms. The Hall–Kier alpha value is -1.15. The molecule has 1 amide bonds. The number of aliphatic hydroxyl groups is 7. The number of nitrogens with one attached hydrogen (secondary N) is 1. The highest BCUT2D eigenvalue weighted by Crippen LogP contribution is 2.24. The monoisotopic (exact) mass is 1140 g/mol. The summed E-state index contributed by atoms with van der Waals surface area (Å²) in [6.45, 7) is 3.51. The number of amides is 1. The Kier molecular flexibility index (Phi) is 56.0. The highest BCUT2D eigenvalue weighted by molar-refractivity contribution is 5.80. The van der Waals surface area contributed by atoms with Gasteiger partial charge in [0.2, 0.25) is 5.91 Å². The van der Waals surface area contributed by atoms with Crippen molar-refractivity contribution in [3.05, 3.63) is 12.2 Å². The first-order valence-electron chi connectivity index (χ1n) is 35.1. The predicted octanol–water partition coefficient (Wildman–Crippen LogP) is 16.6. The molecule has 1 aliphatic heterocycles. The molecule has 0 aromatic heterocycles. The number of hydrogen-bond acceptors (Lipinski definition) is 10. The molecule has 1 heterocycles. The molecule has 0 spiro atoms. The molecule has 0 saturated carbocycles. The van der Waals surface area contributed by atoms with Gasteiger partial charge in [0.25, 0.3) is 0 Å². The molecule has 1 rings (SSSR count). The van der Waals surface area contributed by atoms with Gasteiger partial charge in [0, 0.05) is 0 Å². The first-order valence-corrected chi connectivity index (χ1v) is 35.1. The normalized spacial score (nSPS) is 19.2. The van der Waals surface area contributed by atoms with E-state index in [9.17, 15) is 40.5 Å². The van der Waals surface area contributed by atoms with E-state index < -0.39 is 74.2 Å². The molecule has 11 nitrogen and oxygen atoms in total. The molecule has 9 unspecified atom stereocenters. The number of hydrogen-bond donors (Lipinski definition) is 8. The van der Waals surface area contributed by atoms with Crippen LogP contribution in [-0.4, -0.2) is 110 Å². The number of aliphatic hydroxyl groups excluding tert-OH is 7. The molecule has 0 aliphatic carbocycles. The molecular formula is C69H135NO10. The van der Waals surface area contributed by atoms with Gasteiger partial charge in [-0.15, -0.1) is 0 Å². The molecule has 1 saturated heterocycles. The van der Waals surface area contributed by atoms with Crippen LogP contribution in [-0.2, 0) is 14.3 Å². The molecular weight excluding hydrogens is 1000 g/mol. The summed E-state index contributed by atoms with van der Waals surface area (Å²) in [5.41, 5.74) is 0. The zero-order valence-electron chi connectivity index (χ0n) is 52.6. The minimum Gasteiger partial charge on any atom is -0.394 e. The Balaban J connectivity index is 2.21. The Bertz CT molecular complexity index is 1310. The Morgan fingerprint density at radius 1 is 0.425 bits per heavy atom. The number of rotatable bonds is 62. The van der Waals surface area contributed by atoms with E-state index in [1.807, 2.05) is 0 Å². The maximum atomic E-state index is 13.2. The molecule has 0 aromatic rings. The summed E-state index contributed by atoms with van der Waals surface area (Å²) in [7, 11) is 0. The number of unbranched alkanes of at least 4 members (excludes halogenated alkanes) is 48. The van der Waals surface area contributed by atoms with E-state index in [0.29, 0.717) is 12.8 Å². The van der Waals surface area contributed by atoms with E-state index in [-0.39, 0.29) is 12.8 Å². The topological polar surface area (TPSA) is 189 Å². The second kappa shape index (κ2) is 58.2. The van der Waals surface area contributed by atoms with Gasteiger partial charge < -0.3 is 50.5 Å². The third-order valence-corrected chi connectivity index (χ3v) is 17.3. The largest absolute Gasteiger partial charge is 0.394 e. The summed E-state index contributed by atoms with van der Waals surface area (Å²) in [5, 5.41) is 76.5. The minimum atomic E-state index is -1.67. The molecule has 0 aromatic carbocycles. The highest BCUT2D eigenvalue weighted by Gasteiger charge is 2.44. The molecule has 9 atom stereocenters. The van der Waals surface area contributed by atoms with Crippen LogP contribution in [0.25, 0.3) is 0 Å². The first kappa shape index (κ1) is 76.9. The van der Waals surface area contributed by atoms with E-state index in [0.717, 1.165) is 38.5 Å². The van der Waals surface area contributed by atoms with Gasteiger partial charge in [-0.1, -0.05) is 328 Å². The summed E-state index contributed by atoms with van der Waals surface area (Å²) in [4.78, 5) is 13.2. The quantitative estimate of drug-likeness (QED) is 0.0215. The van der Waals surface area contributed by atoms with Gasteiger partial charge in [-0.25, -0.2) is 0 Å². The number of ether oxygens (including phenoxy) is 2. The van der Waals surface area contributed by atoms with E-state index in [4.69, 9.17) is 9.47 Å². The van der Waals surface area contributed by atoms with Crippen LogP contribution in [0.3, 0.4) is 0 Å². The van der Waals surface area contributed by atoms with Crippen molar-refractivity contribution >= 4 is 5.91 Å². The first-order chi connectivity index (χ1) is 39.2. The lowest BCUT2D eigenvalue weighted by Crippen LogP contribution is -2.60. The van der Waals surface area contributed by atoms with Crippen molar-refractivity contribution in [2.24, 2.45) is 0 Å². The molecule has 1 fully saturated rings. The van der Waals surface area contributed by atoms with E-state index in [1.54, 1.807) is 0 Å². The zero-order valence-corrected chi connectivity index (χ0v) is 52.6.